The maximum absolute atomic E-state index is 11.2. The van der Waals surface area contributed by atoms with E-state index in [0.29, 0.717) is 12.8 Å². The van der Waals surface area contributed by atoms with Crippen LogP contribution in [-0.4, -0.2) is 35.9 Å². The largest absolute Gasteiger partial charge is 0.462 e. The molecule has 5 nitrogen and oxygen atoms in total. The molecule has 1 saturated heterocycles. The van der Waals surface area contributed by atoms with Gasteiger partial charge in [0.2, 0.25) is 0 Å². The van der Waals surface area contributed by atoms with Crippen LogP contribution in [0.15, 0.2) is 12.7 Å². The molecule has 0 aromatic heterocycles. The number of aliphatic hydroxyl groups is 1. The Hall–Kier alpha value is -1.36. The van der Waals surface area contributed by atoms with Crippen molar-refractivity contribution in [2.75, 3.05) is 6.61 Å². The molecule has 96 valence electrons. The molecule has 5 heteroatoms. The van der Waals surface area contributed by atoms with E-state index in [1.54, 1.807) is 0 Å². The maximum Gasteiger partial charge on any atom is 0.330 e. The van der Waals surface area contributed by atoms with Crippen LogP contribution in [-0.2, 0) is 19.1 Å². The first kappa shape index (κ1) is 13.7. The molecule has 1 heterocycles. The van der Waals surface area contributed by atoms with Crippen LogP contribution in [0.5, 0.6) is 0 Å². The molecule has 0 aromatic rings. The molecular weight excluding hydrogens is 224 g/mol. The highest BCUT2D eigenvalue weighted by molar-refractivity contribution is 5.81. The van der Waals surface area contributed by atoms with Crippen molar-refractivity contribution in [3.63, 3.8) is 0 Å². The number of carbonyl (C=O) groups excluding carboxylic acids is 2. The SMILES string of the molecule is C=CC(=O)OCC(O)CC1CCCCC(=O)O1. The van der Waals surface area contributed by atoms with Crippen LogP contribution in [0.3, 0.4) is 0 Å². The van der Waals surface area contributed by atoms with E-state index in [0.717, 1.165) is 25.3 Å². The van der Waals surface area contributed by atoms with E-state index in [4.69, 9.17) is 9.47 Å². The number of hydrogen-bond donors (Lipinski definition) is 1. The second-order valence-corrected chi connectivity index (χ2v) is 4.08. The topological polar surface area (TPSA) is 72.8 Å². The molecular formula is C12H18O5. The summed E-state index contributed by atoms with van der Waals surface area (Å²) in [5, 5.41) is 9.62. The molecule has 1 rings (SSSR count). The zero-order valence-electron chi connectivity index (χ0n) is 9.76. The Labute approximate surface area is 100 Å². The summed E-state index contributed by atoms with van der Waals surface area (Å²) < 4.78 is 9.86. The Balaban J connectivity index is 2.28. The lowest BCUT2D eigenvalue weighted by Crippen LogP contribution is -2.26. The van der Waals surface area contributed by atoms with Gasteiger partial charge < -0.3 is 14.6 Å². The van der Waals surface area contributed by atoms with Crippen molar-refractivity contribution in [3.05, 3.63) is 12.7 Å². The summed E-state index contributed by atoms with van der Waals surface area (Å²) >= 11 is 0. The third kappa shape index (κ3) is 5.49. The van der Waals surface area contributed by atoms with Gasteiger partial charge in [0.15, 0.2) is 0 Å². The van der Waals surface area contributed by atoms with E-state index in [1.165, 1.54) is 0 Å². The van der Waals surface area contributed by atoms with E-state index in [2.05, 4.69) is 6.58 Å². The number of esters is 2. The van der Waals surface area contributed by atoms with Crippen LogP contribution >= 0.6 is 0 Å². The fourth-order valence-corrected chi connectivity index (χ4v) is 1.72. The minimum Gasteiger partial charge on any atom is -0.462 e. The molecule has 1 aliphatic heterocycles. The lowest BCUT2D eigenvalue weighted by Gasteiger charge is -2.18. The van der Waals surface area contributed by atoms with Gasteiger partial charge in [-0.2, -0.15) is 0 Å². The van der Waals surface area contributed by atoms with Gasteiger partial charge in [-0.3, -0.25) is 4.79 Å². The Morgan fingerprint density at radius 3 is 3.12 bits per heavy atom. The Bertz CT molecular complexity index is 287. The highest BCUT2D eigenvalue weighted by atomic mass is 16.5. The summed E-state index contributed by atoms with van der Waals surface area (Å²) in [6.45, 7) is 3.15. The number of carbonyl (C=O) groups is 2. The predicted octanol–water partition coefficient (Wildman–Crippen LogP) is 0.952. The summed E-state index contributed by atoms with van der Waals surface area (Å²) in [5.41, 5.74) is 0. The average Bonchev–Trinajstić information content (AvgIpc) is 2.50. The Morgan fingerprint density at radius 1 is 1.65 bits per heavy atom. The van der Waals surface area contributed by atoms with E-state index in [1.807, 2.05) is 0 Å². The average molecular weight is 242 g/mol. The molecule has 1 N–H and O–H groups in total. The van der Waals surface area contributed by atoms with E-state index >= 15 is 0 Å². The maximum atomic E-state index is 11.2. The predicted molar refractivity (Wildman–Crippen MR) is 60.1 cm³/mol. The first-order valence-electron chi connectivity index (χ1n) is 5.78. The number of ether oxygens (including phenoxy) is 2. The molecule has 1 aliphatic rings. The van der Waals surface area contributed by atoms with Gasteiger partial charge in [0, 0.05) is 18.9 Å². The van der Waals surface area contributed by atoms with Crippen molar-refractivity contribution >= 4 is 11.9 Å². The summed E-state index contributed by atoms with van der Waals surface area (Å²) in [4.78, 5) is 22.0. The van der Waals surface area contributed by atoms with Gasteiger partial charge in [0.1, 0.15) is 12.7 Å². The number of rotatable bonds is 5. The third-order valence-electron chi connectivity index (χ3n) is 2.57. The Kier molecular flexibility index (Phi) is 5.69. The van der Waals surface area contributed by atoms with Crippen LogP contribution < -0.4 is 0 Å². The fraction of sp³-hybridized carbons (Fsp3) is 0.667. The van der Waals surface area contributed by atoms with Crippen molar-refractivity contribution in [1.29, 1.82) is 0 Å². The summed E-state index contributed by atoms with van der Waals surface area (Å²) in [7, 11) is 0. The molecule has 0 bridgehead atoms. The quantitative estimate of drug-likeness (QED) is 0.574. The highest BCUT2D eigenvalue weighted by Crippen LogP contribution is 2.18. The van der Waals surface area contributed by atoms with E-state index < -0.39 is 12.1 Å². The molecule has 0 spiro atoms. The van der Waals surface area contributed by atoms with E-state index in [-0.39, 0.29) is 18.7 Å². The van der Waals surface area contributed by atoms with Crippen LogP contribution in [0.2, 0.25) is 0 Å². The monoisotopic (exact) mass is 242 g/mol. The van der Waals surface area contributed by atoms with Gasteiger partial charge in [-0.1, -0.05) is 6.58 Å². The molecule has 0 aromatic carbocycles. The summed E-state index contributed by atoms with van der Waals surface area (Å²) in [6, 6.07) is 0. The van der Waals surface area contributed by atoms with Gasteiger partial charge in [-0.05, 0) is 19.3 Å². The zero-order valence-corrected chi connectivity index (χ0v) is 9.76. The van der Waals surface area contributed by atoms with Gasteiger partial charge in [-0.25, -0.2) is 4.79 Å². The molecule has 1 fully saturated rings. The lowest BCUT2D eigenvalue weighted by atomic mass is 10.1. The van der Waals surface area contributed by atoms with Gasteiger partial charge >= 0.3 is 11.9 Å². The second-order valence-electron chi connectivity index (χ2n) is 4.08. The van der Waals surface area contributed by atoms with Crippen molar-refractivity contribution in [2.45, 2.75) is 44.3 Å². The Morgan fingerprint density at radius 2 is 2.41 bits per heavy atom. The molecule has 2 atom stereocenters. The third-order valence-corrected chi connectivity index (χ3v) is 2.57. The molecule has 0 radical (unpaired) electrons. The molecule has 0 amide bonds. The van der Waals surface area contributed by atoms with Gasteiger partial charge in [-0.15, -0.1) is 0 Å². The fourth-order valence-electron chi connectivity index (χ4n) is 1.72. The molecule has 2 unspecified atom stereocenters. The smallest absolute Gasteiger partial charge is 0.330 e. The number of cyclic esters (lactones) is 1. The van der Waals surface area contributed by atoms with Gasteiger partial charge in [0.25, 0.3) is 0 Å². The second kappa shape index (κ2) is 7.06. The molecule has 0 aliphatic carbocycles. The summed E-state index contributed by atoms with van der Waals surface area (Å²) in [5.74, 6) is -0.787. The van der Waals surface area contributed by atoms with Crippen molar-refractivity contribution in [3.8, 4) is 0 Å². The van der Waals surface area contributed by atoms with E-state index in [9.17, 15) is 14.7 Å². The number of aliphatic hydroxyl groups excluding tert-OH is 1. The standard InChI is InChI=1S/C12H18O5/c1-2-11(14)16-8-9(13)7-10-5-3-4-6-12(15)17-10/h2,9-10,13H,1,3-8H2. The first-order valence-corrected chi connectivity index (χ1v) is 5.78. The molecule has 17 heavy (non-hydrogen) atoms. The first-order chi connectivity index (χ1) is 8.11. The van der Waals surface area contributed by atoms with Crippen LogP contribution in [0, 0.1) is 0 Å². The minimum atomic E-state index is -0.810. The minimum absolute atomic E-state index is 0.0983. The van der Waals surface area contributed by atoms with Crippen molar-refractivity contribution in [1.82, 2.24) is 0 Å². The van der Waals surface area contributed by atoms with Crippen LogP contribution in [0.4, 0.5) is 0 Å². The van der Waals surface area contributed by atoms with Gasteiger partial charge in [0.05, 0.1) is 6.10 Å². The van der Waals surface area contributed by atoms with Crippen molar-refractivity contribution in [2.24, 2.45) is 0 Å². The highest BCUT2D eigenvalue weighted by Gasteiger charge is 2.21. The summed E-state index contributed by atoms with van der Waals surface area (Å²) in [6.07, 6.45) is 3.19. The van der Waals surface area contributed by atoms with Crippen LogP contribution in [0.1, 0.15) is 32.1 Å². The lowest BCUT2D eigenvalue weighted by molar-refractivity contribution is -0.151. The van der Waals surface area contributed by atoms with Crippen molar-refractivity contribution < 1.29 is 24.2 Å². The van der Waals surface area contributed by atoms with Crippen LogP contribution in [0.25, 0.3) is 0 Å². The molecule has 0 saturated carbocycles. The zero-order chi connectivity index (χ0) is 12.7. The number of hydrogen-bond acceptors (Lipinski definition) is 5. The normalized spacial score (nSPS) is 22.2.